The Morgan fingerprint density at radius 1 is 0.906 bits per heavy atom. The van der Waals surface area contributed by atoms with Crippen LogP contribution in [0.3, 0.4) is 0 Å². The van der Waals surface area contributed by atoms with Gasteiger partial charge in [0.25, 0.3) is 0 Å². The van der Waals surface area contributed by atoms with Crippen LogP contribution in [0.5, 0.6) is 11.5 Å². The Morgan fingerprint density at radius 2 is 1.66 bits per heavy atom. The largest absolute Gasteiger partial charge is 0.493 e. The summed E-state index contributed by atoms with van der Waals surface area (Å²) in [5.41, 5.74) is 2.23. The topological polar surface area (TPSA) is 55.2 Å². The van der Waals surface area contributed by atoms with E-state index in [0.29, 0.717) is 12.8 Å². The highest BCUT2D eigenvalue weighted by Crippen LogP contribution is 2.28. The van der Waals surface area contributed by atoms with Crippen LogP contribution in [0.2, 0.25) is 0 Å². The number of aryl methyl sites for hydroxylation is 1. The summed E-state index contributed by atoms with van der Waals surface area (Å²) in [6.07, 6.45) is 1.09. The van der Waals surface area contributed by atoms with Crippen LogP contribution in [0.25, 0.3) is 11.3 Å². The number of furan rings is 1. The molecule has 0 aliphatic carbocycles. The second kappa shape index (κ2) is 10.4. The zero-order chi connectivity index (χ0) is 22.3. The van der Waals surface area contributed by atoms with Crippen molar-refractivity contribution in [2.24, 2.45) is 0 Å². The number of hydrogen-bond acceptors (Lipinski definition) is 5. The molecule has 1 aliphatic rings. The Balaban J connectivity index is 1.24. The van der Waals surface area contributed by atoms with E-state index in [1.165, 1.54) is 5.56 Å². The smallest absolute Gasteiger partial charge is 0.223 e. The zero-order valence-electron chi connectivity index (χ0n) is 18.8. The summed E-state index contributed by atoms with van der Waals surface area (Å²) in [6, 6.07) is 20.0. The van der Waals surface area contributed by atoms with Crippen molar-refractivity contribution in [1.29, 1.82) is 0 Å². The van der Waals surface area contributed by atoms with Crippen LogP contribution in [-0.2, 0) is 17.8 Å². The van der Waals surface area contributed by atoms with E-state index in [-0.39, 0.29) is 5.91 Å². The second-order valence-electron chi connectivity index (χ2n) is 7.98. The Morgan fingerprint density at radius 3 is 2.38 bits per heavy atom. The summed E-state index contributed by atoms with van der Waals surface area (Å²) in [4.78, 5) is 17.0. The molecule has 168 valence electrons. The number of methoxy groups -OCH3 is 2. The fourth-order valence-electron chi connectivity index (χ4n) is 4.05. The highest BCUT2D eigenvalue weighted by Gasteiger charge is 2.21. The van der Waals surface area contributed by atoms with E-state index in [2.05, 4.69) is 11.0 Å². The minimum absolute atomic E-state index is 0.188. The molecule has 1 amide bonds. The first-order valence-corrected chi connectivity index (χ1v) is 11.0. The summed E-state index contributed by atoms with van der Waals surface area (Å²) in [7, 11) is 3.29. The van der Waals surface area contributed by atoms with Crippen molar-refractivity contribution >= 4 is 5.91 Å². The van der Waals surface area contributed by atoms with Gasteiger partial charge in [0.15, 0.2) is 11.5 Å². The number of carbonyl (C=O) groups excluding carboxylic acids is 1. The van der Waals surface area contributed by atoms with Gasteiger partial charge in [-0.25, -0.2) is 0 Å². The molecule has 0 unspecified atom stereocenters. The fraction of sp³-hybridized carbons (Fsp3) is 0.346. The Kier molecular flexibility index (Phi) is 7.12. The van der Waals surface area contributed by atoms with E-state index >= 15 is 0 Å². The molecule has 1 saturated heterocycles. The SMILES string of the molecule is COc1ccc(CN2CCN(C(=O)CCc3ccc(-c4ccccc4)o3)CC2)cc1OC. The summed E-state index contributed by atoms with van der Waals surface area (Å²) in [6.45, 7) is 4.05. The molecule has 3 aromatic rings. The normalized spacial score (nSPS) is 14.4. The van der Waals surface area contributed by atoms with Crippen molar-refractivity contribution in [2.45, 2.75) is 19.4 Å². The van der Waals surface area contributed by atoms with Gasteiger partial charge in [-0.3, -0.25) is 9.69 Å². The molecule has 6 nitrogen and oxygen atoms in total. The van der Waals surface area contributed by atoms with E-state index in [1.54, 1.807) is 14.2 Å². The molecule has 0 saturated carbocycles. The average Bonchev–Trinajstić information content (AvgIpc) is 3.32. The molecule has 0 atom stereocenters. The minimum Gasteiger partial charge on any atom is -0.493 e. The number of amides is 1. The molecule has 0 bridgehead atoms. The molecule has 6 heteroatoms. The number of nitrogens with zero attached hydrogens (tertiary/aromatic N) is 2. The standard InChI is InChI=1S/C26H30N2O4/c1-30-24-11-8-20(18-25(24)31-2)19-27-14-16-28(17-15-27)26(29)13-10-22-9-12-23(32-22)21-6-4-3-5-7-21/h3-9,11-12,18H,10,13-17,19H2,1-2H3. The van der Waals surface area contributed by atoms with Gasteiger partial charge in [-0.1, -0.05) is 36.4 Å². The fourth-order valence-corrected chi connectivity index (χ4v) is 4.05. The highest BCUT2D eigenvalue weighted by molar-refractivity contribution is 5.76. The predicted octanol–water partition coefficient (Wildman–Crippen LogP) is 4.24. The van der Waals surface area contributed by atoms with Gasteiger partial charge in [-0.2, -0.15) is 0 Å². The van der Waals surface area contributed by atoms with Crippen LogP contribution < -0.4 is 9.47 Å². The van der Waals surface area contributed by atoms with Gasteiger partial charge in [0.1, 0.15) is 11.5 Å². The lowest BCUT2D eigenvalue weighted by Gasteiger charge is -2.34. The summed E-state index contributed by atoms with van der Waals surface area (Å²) in [5, 5.41) is 0. The van der Waals surface area contributed by atoms with E-state index in [0.717, 1.165) is 61.3 Å². The third kappa shape index (κ3) is 5.32. The molecule has 32 heavy (non-hydrogen) atoms. The molecule has 0 spiro atoms. The number of hydrogen-bond donors (Lipinski definition) is 0. The highest BCUT2D eigenvalue weighted by atomic mass is 16.5. The third-order valence-electron chi connectivity index (χ3n) is 5.88. The second-order valence-corrected chi connectivity index (χ2v) is 7.98. The number of rotatable bonds is 8. The molecule has 1 aromatic heterocycles. The number of benzene rings is 2. The van der Waals surface area contributed by atoms with Gasteiger partial charge in [0.2, 0.25) is 5.91 Å². The summed E-state index contributed by atoms with van der Waals surface area (Å²) < 4.78 is 16.6. The van der Waals surface area contributed by atoms with Crippen LogP contribution in [0, 0.1) is 0 Å². The van der Waals surface area contributed by atoms with Crippen molar-refractivity contribution in [1.82, 2.24) is 9.80 Å². The monoisotopic (exact) mass is 434 g/mol. The van der Waals surface area contributed by atoms with Gasteiger partial charge in [0, 0.05) is 51.1 Å². The van der Waals surface area contributed by atoms with Gasteiger partial charge >= 0.3 is 0 Å². The summed E-state index contributed by atoms with van der Waals surface area (Å²) in [5.74, 6) is 3.36. The molecular weight excluding hydrogens is 404 g/mol. The van der Waals surface area contributed by atoms with Crippen molar-refractivity contribution in [3.63, 3.8) is 0 Å². The van der Waals surface area contributed by atoms with E-state index in [9.17, 15) is 4.79 Å². The van der Waals surface area contributed by atoms with Gasteiger partial charge in [-0.15, -0.1) is 0 Å². The maximum atomic E-state index is 12.7. The Labute approximate surface area is 189 Å². The zero-order valence-corrected chi connectivity index (χ0v) is 18.8. The predicted molar refractivity (Wildman–Crippen MR) is 124 cm³/mol. The number of carbonyl (C=O) groups is 1. The summed E-state index contributed by atoms with van der Waals surface area (Å²) >= 11 is 0. The van der Waals surface area contributed by atoms with Crippen LogP contribution in [0.4, 0.5) is 0 Å². The molecule has 1 fully saturated rings. The molecule has 1 aliphatic heterocycles. The Hall–Kier alpha value is -3.25. The number of piperazine rings is 1. The van der Waals surface area contributed by atoms with Crippen LogP contribution in [0.15, 0.2) is 65.1 Å². The molecular formula is C26H30N2O4. The molecule has 0 N–H and O–H groups in total. The first kappa shape index (κ1) is 22.0. The maximum absolute atomic E-state index is 12.7. The molecule has 2 heterocycles. The van der Waals surface area contributed by atoms with Gasteiger partial charge < -0.3 is 18.8 Å². The van der Waals surface area contributed by atoms with E-state index < -0.39 is 0 Å². The van der Waals surface area contributed by atoms with Crippen LogP contribution in [0.1, 0.15) is 17.7 Å². The Bertz CT molecular complexity index is 1020. The van der Waals surface area contributed by atoms with Crippen LogP contribution >= 0.6 is 0 Å². The lowest BCUT2D eigenvalue weighted by molar-refractivity contribution is -0.133. The molecule has 4 rings (SSSR count). The number of ether oxygens (including phenoxy) is 2. The van der Waals surface area contributed by atoms with Crippen molar-refractivity contribution < 1.29 is 18.7 Å². The molecule has 2 aromatic carbocycles. The molecule has 0 radical (unpaired) electrons. The minimum atomic E-state index is 0.188. The van der Waals surface area contributed by atoms with E-state index in [4.69, 9.17) is 13.9 Å². The first-order chi connectivity index (χ1) is 15.7. The van der Waals surface area contributed by atoms with Crippen molar-refractivity contribution in [2.75, 3.05) is 40.4 Å². The van der Waals surface area contributed by atoms with Crippen molar-refractivity contribution in [3.8, 4) is 22.8 Å². The lowest BCUT2D eigenvalue weighted by Crippen LogP contribution is -2.48. The quantitative estimate of drug-likeness (QED) is 0.531. The van der Waals surface area contributed by atoms with Gasteiger partial charge in [-0.05, 0) is 29.8 Å². The van der Waals surface area contributed by atoms with Crippen LogP contribution in [-0.4, -0.2) is 56.1 Å². The van der Waals surface area contributed by atoms with Gasteiger partial charge in [0.05, 0.1) is 14.2 Å². The average molecular weight is 435 g/mol. The first-order valence-electron chi connectivity index (χ1n) is 11.0. The lowest BCUT2D eigenvalue weighted by atomic mass is 10.1. The van der Waals surface area contributed by atoms with E-state index in [1.807, 2.05) is 59.5 Å². The van der Waals surface area contributed by atoms with Crippen molar-refractivity contribution in [3.05, 3.63) is 72.0 Å². The maximum Gasteiger partial charge on any atom is 0.223 e. The third-order valence-corrected chi connectivity index (χ3v) is 5.88.